The molecule has 0 aliphatic carbocycles. The Morgan fingerprint density at radius 3 is 2.47 bits per heavy atom. The first kappa shape index (κ1) is 18.4. The fraction of sp³-hybridized carbons (Fsp3) is 0.933. The molecule has 0 fully saturated rings. The number of unbranched alkanes of at least 4 members (excludes halogenated alkanes) is 3. The van der Waals surface area contributed by atoms with Crippen molar-refractivity contribution in [3.05, 3.63) is 0 Å². The standard InChI is InChI=1S/C15H31NO3/c1-4-6-7-8-9-13(3)19-12-10-14(15(17)18)16-11-5-2/h13-14,16H,4-12H2,1-3H3,(H,17,18). The second kappa shape index (κ2) is 12.4. The summed E-state index contributed by atoms with van der Waals surface area (Å²) in [5.74, 6) is -0.785. The van der Waals surface area contributed by atoms with Gasteiger partial charge in [-0.1, -0.05) is 39.5 Å². The molecule has 0 aromatic heterocycles. The van der Waals surface area contributed by atoms with E-state index >= 15 is 0 Å². The quantitative estimate of drug-likeness (QED) is 0.506. The minimum atomic E-state index is -0.785. The zero-order valence-corrected chi connectivity index (χ0v) is 12.8. The highest BCUT2D eigenvalue weighted by Crippen LogP contribution is 2.08. The number of ether oxygens (including phenoxy) is 1. The lowest BCUT2D eigenvalue weighted by Crippen LogP contribution is -2.38. The summed E-state index contributed by atoms with van der Waals surface area (Å²) >= 11 is 0. The third kappa shape index (κ3) is 11.0. The smallest absolute Gasteiger partial charge is 0.320 e. The van der Waals surface area contributed by atoms with Crippen molar-refractivity contribution in [3.63, 3.8) is 0 Å². The van der Waals surface area contributed by atoms with Crippen LogP contribution in [0.4, 0.5) is 0 Å². The lowest BCUT2D eigenvalue weighted by atomic mass is 10.1. The Balaban J connectivity index is 3.64. The van der Waals surface area contributed by atoms with Crippen LogP contribution in [0.5, 0.6) is 0 Å². The Labute approximate surface area is 117 Å². The van der Waals surface area contributed by atoms with Gasteiger partial charge in [0.05, 0.1) is 6.10 Å². The van der Waals surface area contributed by atoms with Gasteiger partial charge in [0.25, 0.3) is 0 Å². The van der Waals surface area contributed by atoms with Crippen LogP contribution in [-0.2, 0) is 9.53 Å². The zero-order valence-electron chi connectivity index (χ0n) is 12.8. The van der Waals surface area contributed by atoms with Crippen LogP contribution in [0.15, 0.2) is 0 Å². The van der Waals surface area contributed by atoms with Crippen LogP contribution in [0.1, 0.15) is 65.7 Å². The van der Waals surface area contributed by atoms with E-state index in [4.69, 9.17) is 9.84 Å². The summed E-state index contributed by atoms with van der Waals surface area (Å²) in [7, 11) is 0. The van der Waals surface area contributed by atoms with E-state index in [1.165, 1.54) is 25.7 Å². The molecule has 0 rings (SSSR count). The van der Waals surface area contributed by atoms with Crippen LogP contribution in [0, 0.1) is 0 Å². The maximum absolute atomic E-state index is 11.0. The molecule has 0 saturated carbocycles. The molecule has 4 nitrogen and oxygen atoms in total. The van der Waals surface area contributed by atoms with Crippen LogP contribution in [0.3, 0.4) is 0 Å². The molecule has 0 heterocycles. The minimum Gasteiger partial charge on any atom is -0.480 e. The largest absolute Gasteiger partial charge is 0.480 e. The van der Waals surface area contributed by atoms with Crippen LogP contribution >= 0.6 is 0 Å². The van der Waals surface area contributed by atoms with Gasteiger partial charge in [0.1, 0.15) is 6.04 Å². The maximum atomic E-state index is 11.0. The lowest BCUT2D eigenvalue weighted by molar-refractivity contribution is -0.140. The first-order chi connectivity index (χ1) is 9.11. The minimum absolute atomic E-state index is 0.234. The maximum Gasteiger partial charge on any atom is 0.320 e. The van der Waals surface area contributed by atoms with E-state index in [1.807, 2.05) is 6.92 Å². The first-order valence-electron chi connectivity index (χ1n) is 7.69. The first-order valence-corrected chi connectivity index (χ1v) is 7.69. The van der Waals surface area contributed by atoms with Crippen LogP contribution in [0.25, 0.3) is 0 Å². The monoisotopic (exact) mass is 273 g/mol. The highest BCUT2D eigenvalue weighted by Gasteiger charge is 2.16. The van der Waals surface area contributed by atoms with Gasteiger partial charge in [-0.3, -0.25) is 4.79 Å². The second-order valence-electron chi connectivity index (χ2n) is 5.16. The topological polar surface area (TPSA) is 58.6 Å². The van der Waals surface area contributed by atoms with E-state index < -0.39 is 12.0 Å². The molecule has 0 spiro atoms. The number of nitrogens with one attached hydrogen (secondary N) is 1. The van der Waals surface area contributed by atoms with Gasteiger partial charge in [-0.25, -0.2) is 0 Å². The second-order valence-corrected chi connectivity index (χ2v) is 5.16. The number of carboxylic acid groups (broad SMARTS) is 1. The molecule has 114 valence electrons. The summed E-state index contributed by atoms with van der Waals surface area (Å²) in [5, 5.41) is 12.1. The lowest BCUT2D eigenvalue weighted by Gasteiger charge is -2.17. The molecule has 0 amide bonds. The van der Waals surface area contributed by atoms with E-state index in [2.05, 4.69) is 19.2 Å². The van der Waals surface area contributed by atoms with Crippen LogP contribution < -0.4 is 5.32 Å². The molecular weight excluding hydrogens is 242 g/mol. The summed E-state index contributed by atoms with van der Waals surface area (Å²) in [6.45, 7) is 7.56. The van der Waals surface area contributed by atoms with Gasteiger partial charge in [-0.2, -0.15) is 0 Å². The van der Waals surface area contributed by atoms with E-state index in [9.17, 15) is 4.79 Å². The number of carboxylic acids is 1. The Hall–Kier alpha value is -0.610. The fourth-order valence-electron chi connectivity index (χ4n) is 1.96. The van der Waals surface area contributed by atoms with Crippen molar-refractivity contribution >= 4 is 5.97 Å². The average Bonchev–Trinajstić information content (AvgIpc) is 2.38. The van der Waals surface area contributed by atoms with E-state index in [0.29, 0.717) is 13.0 Å². The van der Waals surface area contributed by atoms with E-state index in [0.717, 1.165) is 19.4 Å². The Morgan fingerprint density at radius 2 is 1.89 bits per heavy atom. The summed E-state index contributed by atoms with van der Waals surface area (Å²) < 4.78 is 5.68. The highest BCUT2D eigenvalue weighted by molar-refractivity contribution is 5.73. The molecule has 0 radical (unpaired) electrons. The van der Waals surface area contributed by atoms with Crippen molar-refractivity contribution in [1.82, 2.24) is 5.32 Å². The van der Waals surface area contributed by atoms with Crippen molar-refractivity contribution in [3.8, 4) is 0 Å². The third-order valence-corrected chi connectivity index (χ3v) is 3.21. The molecule has 2 unspecified atom stereocenters. The third-order valence-electron chi connectivity index (χ3n) is 3.21. The van der Waals surface area contributed by atoms with E-state index in [1.54, 1.807) is 0 Å². The van der Waals surface area contributed by atoms with Crippen molar-refractivity contribution in [1.29, 1.82) is 0 Å². The highest BCUT2D eigenvalue weighted by atomic mass is 16.5. The Kier molecular flexibility index (Phi) is 12.0. The van der Waals surface area contributed by atoms with Gasteiger partial charge in [0, 0.05) is 6.61 Å². The Bertz CT molecular complexity index is 221. The number of rotatable bonds is 13. The number of hydrogen-bond donors (Lipinski definition) is 2. The van der Waals surface area contributed by atoms with Gasteiger partial charge in [-0.15, -0.1) is 0 Å². The molecule has 2 atom stereocenters. The van der Waals surface area contributed by atoms with Gasteiger partial charge in [0.15, 0.2) is 0 Å². The number of aliphatic carboxylic acids is 1. The summed E-state index contributed by atoms with van der Waals surface area (Å²) in [5.41, 5.74) is 0. The predicted octanol–water partition coefficient (Wildman–Crippen LogP) is 3.20. The fourth-order valence-corrected chi connectivity index (χ4v) is 1.96. The molecule has 0 aliphatic rings. The van der Waals surface area contributed by atoms with Gasteiger partial charge in [-0.05, 0) is 32.7 Å². The normalized spacial score (nSPS) is 14.3. The molecule has 0 aromatic rings. The molecule has 2 N–H and O–H groups in total. The summed E-state index contributed by atoms with van der Waals surface area (Å²) in [4.78, 5) is 11.0. The Morgan fingerprint density at radius 1 is 1.16 bits per heavy atom. The summed E-state index contributed by atoms with van der Waals surface area (Å²) in [6.07, 6.45) is 7.78. The van der Waals surface area contributed by atoms with Crippen molar-refractivity contribution in [2.24, 2.45) is 0 Å². The van der Waals surface area contributed by atoms with Crippen LogP contribution in [0.2, 0.25) is 0 Å². The molecule has 0 saturated heterocycles. The molecule has 0 aliphatic heterocycles. The number of carbonyl (C=O) groups is 1. The summed E-state index contributed by atoms with van der Waals surface area (Å²) in [6, 6.07) is -0.479. The SMILES string of the molecule is CCCCCCC(C)OCCC(NCCC)C(=O)O. The van der Waals surface area contributed by atoms with Gasteiger partial charge < -0.3 is 15.2 Å². The van der Waals surface area contributed by atoms with Crippen LogP contribution in [-0.4, -0.2) is 36.4 Å². The molecule has 19 heavy (non-hydrogen) atoms. The average molecular weight is 273 g/mol. The molecule has 0 aromatic carbocycles. The zero-order chi connectivity index (χ0) is 14.5. The molecule has 0 bridgehead atoms. The van der Waals surface area contributed by atoms with E-state index in [-0.39, 0.29) is 6.10 Å². The van der Waals surface area contributed by atoms with Crippen molar-refractivity contribution < 1.29 is 14.6 Å². The molecule has 4 heteroatoms. The van der Waals surface area contributed by atoms with Crippen molar-refractivity contribution in [2.45, 2.75) is 77.9 Å². The van der Waals surface area contributed by atoms with Gasteiger partial charge >= 0.3 is 5.97 Å². The molecular formula is C15H31NO3. The van der Waals surface area contributed by atoms with Gasteiger partial charge in [0.2, 0.25) is 0 Å². The van der Waals surface area contributed by atoms with Crippen molar-refractivity contribution in [2.75, 3.05) is 13.2 Å². The number of hydrogen-bond acceptors (Lipinski definition) is 3. The predicted molar refractivity (Wildman–Crippen MR) is 78.5 cm³/mol.